The van der Waals surface area contributed by atoms with Gasteiger partial charge in [0.1, 0.15) is 0 Å². The molecule has 3 fully saturated rings. The van der Waals surface area contributed by atoms with E-state index in [1.165, 1.54) is 50.8 Å². The van der Waals surface area contributed by atoms with Crippen molar-refractivity contribution in [1.82, 2.24) is 4.90 Å². The van der Waals surface area contributed by atoms with Crippen LogP contribution in [0.3, 0.4) is 0 Å². The highest BCUT2D eigenvalue weighted by molar-refractivity contribution is 6.30. The summed E-state index contributed by atoms with van der Waals surface area (Å²) in [5.74, 6) is 0. The normalized spacial score (nSPS) is 28.5. The first-order chi connectivity index (χ1) is 11.7. The van der Waals surface area contributed by atoms with Gasteiger partial charge in [-0.2, -0.15) is 0 Å². The summed E-state index contributed by atoms with van der Waals surface area (Å²) < 4.78 is 11.7. The predicted octanol–water partition coefficient (Wildman–Crippen LogP) is 3.93. The third-order valence-corrected chi connectivity index (χ3v) is 6.48. The largest absolute Gasteiger partial charge is 0.381 e. The van der Waals surface area contributed by atoms with Crippen molar-refractivity contribution in [3.63, 3.8) is 0 Å². The van der Waals surface area contributed by atoms with Gasteiger partial charge >= 0.3 is 0 Å². The molecule has 1 atom stereocenters. The highest BCUT2D eigenvalue weighted by atomic mass is 35.5. The summed E-state index contributed by atoms with van der Waals surface area (Å²) in [7, 11) is 0. The smallest absolute Gasteiger partial charge is 0.0621 e. The lowest BCUT2D eigenvalue weighted by atomic mass is 9.75. The van der Waals surface area contributed by atoms with E-state index in [-0.39, 0.29) is 0 Å². The first-order valence-electron chi connectivity index (χ1n) is 9.40. The minimum Gasteiger partial charge on any atom is -0.381 e. The lowest BCUT2D eigenvalue weighted by Crippen LogP contribution is -2.47. The third kappa shape index (κ3) is 3.80. The van der Waals surface area contributed by atoms with Crippen LogP contribution in [0.4, 0.5) is 0 Å². The highest BCUT2D eigenvalue weighted by Gasteiger charge is 2.43. The van der Waals surface area contributed by atoms with Gasteiger partial charge in [0.15, 0.2) is 0 Å². The molecule has 1 unspecified atom stereocenters. The van der Waals surface area contributed by atoms with E-state index in [1.807, 2.05) is 12.1 Å². The Morgan fingerprint density at radius 3 is 2.50 bits per heavy atom. The number of piperidine rings is 1. The van der Waals surface area contributed by atoms with Gasteiger partial charge in [-0.05, 0) is 74.7 Å². The monoisotopic (exact) mass is 349 g/mol. The van der Waals surface area contributed by atoms with Crippen LogP contribution in [0.1, 0.15) is 37.7 Å². The molecule has 0 amide bonds. The fraction of sp³-hybridized carbons (Fsp3) is 0.700. The van der Waals surface area contributed by atoms with Gasteiger partial charge in [-0.3, -0.25) is 0 Å². The number of ether oxygens (including phenoxy) is 2. The molecule has 0 bridgehead atoms. The van der Waals surface area contributed by atoms with Crippen LogP contribution in [0.25, 0.3) is 0 Å². The second-order valence-electron chi connectivity index (χ2n) is 7.85. The van der Waals surface area contributed by atoms with Crippen LogP contribution in [0.15, 0.2) is 24.3 Å². The standard InChI is InChI=1S/C20H28ClNO2/c21-17-3-1-16(2-4-17)13-19-14-20(15-24-19)7-9-22(10-8-20)18-5-11-23-12-6-18/h1-4,18-19H,5-15H2. The fourth-order valence-corrected chi connectivity index (χ4v) is 4.80. The molecule has 132 valence electrons. The van der Waals surface area contributed by atoms with E-state index < -0.39 is 0 Å². The summed E-state index contributed by atoms with van der Waals surface area (Å²) in [5.41, 5.74) is 1.76. The SMILES string of the molecule is Clc1ccc(CC2CC3(CCN(C4CCOCC4)CC3)CO2)cc1. The highest BCUT2D eigenvalue weighted by Crippen LogP contribution is 2.43. The van der Waals surface area contributed by atoms with Gasteiger partial charge in [-0.15, -0.1) is 0 Å². The average molecular weight is 350 g/mol. The number of hydrogen-bond acceptors (Lipinski definition) is 3. The molecule has 0 radical (unpaired) electrons. The van der Waals surface area contributed by atoms with Crippen LogP contribution >= 0.6 is 11.6 Å². The summed E-state index contributed by atoms with van der Waals surface area (Å²) in [6.07, 6.45) is 7.62. The molecule has 1 spiro atoms. The number of halogens is 1. The Bertz CT molecular complexity index is 533. The van der Waals surface area contributed by atoms with Crippen molar-refractivity contribution in [3.05, 3.63) is 34.9 Å². The van der Waals surface area contributed by atoms with Gasteiger partial charge in [0, 0.05) is 24.3 Å². The molecule has 0 N–H and O–H groups in total. The van der Waals surface area contributed by atoms with Crippen molar-refractivity contribution in [2.24, 2.45) is 5.41 Å². The van der Waals surface area contributed by atoms with Crippen molar-refractivity contribution in [2.75, 3.05) is 32.9 Å². The van der Waals surface area contributed by atoms with E-state index in [4.69, 9.17) is 21.1 Å². The molecule has 0 aromatic heterocycles. The summed E-state index contributed by atoms with van der Waals surface area (Å²) >= 11 is 5.98. The van der Waals surface area contributed by atoms with Crippen LogP contribution < -0.4 is 0 Å². The number of hydrogen-bond donors (Lipinski definition) is 0. The Morgan fingerprint density at radius 1 is 1.08 bits per heavy atom. The van der Waals surface area contributed by atoms with Crippen LogP contribution in [0.5, 0.6) is 0 Å². The molecular formula is C20H28ClNO2. The molecule has 3 aliphatic heterocycles. The predicted molar refractivity (Wildman–Crippen MR) is 96.6 cm³/mol. The van der Waals surface area contributed by atoms with E-state index in [1.54, 1.807) is 0 Å². The second-order valence-corrected chi connectivity index (χ2v) is 8.28. The zero-order valence-corrected chi connectivity index (χ0v) is 15.1. The van der Waals surface area contributed by atoms with Crippen LogP contribution in [-0.4, -0.2) is 50.0 Å². The van der Waals surface area contributed by atoms with E-state index in [0.29, 0.717) is 11.5 Å². The molecule has 4 heteroatoms. The van der Waals surface area contributed by atoms with Crippen molar-refractivity contribution >= 4 is 11.6 Å². The maximum Gasteiger partial charge on any atom is 0.0621 e. The molecule has 3 saturated heterocycles. The van der Waals surface area contributed by atoms with E-state index >= 15 is 0 Å². The topological polar surface area (TPSA) is 21.7 Å². The molecule has 4 rings (SSSR count). The van der Waals surface area contributed by atoms with Gasteiger partial charge in [0.05, 0.1) is 12.7 Å². The van der Waals surface area contributed by atoms with Gasteiger partial charge in [0.2, 0.25) is 0 Å². The Kier molecular flexibility index (Phi) is 5.14. The molecule has 3 heterocycles. The first-order valence-corrected chi connectivity index (χ1v) is 9.78. The molecule has 3 aliphatic rings. The fourth-order valence-electron chi connectivity index (χ4n) is 4.67. The summed E-state index contributed by atoms with van der Waals surface area (Å²) in [4.78, 5) is 2.71. The van der Waals surface area contributed by atoms with Gasteiger partial charge < -0.3 is 14.4 Å². The Morgan fingerprint density at radius 2 is 1.79 bits per heavy atom. The minimum absolute atomic E-state index is 0.376. The third-order valence-electron chi connectivity index (χ3n) is 6.23. The summed E-state index contributed by atoms with van der Waals surface area (Å²) in [6, 6.07) is 8.97. The maximum absolute atomic E-state index is 6.19. The molecule has 3 nitrogen and oxygen atoms in total. The van der Waals surface area contributed by atoms with E-state index in [0.717, 1.165) is 37.3 Å². The maximum atomic E-state index is 6.19. The van der Waals surface area contributed by atoms with Gasteiger partial charge in [-0.25, -0.2) is 0 Å². The van der Waals surface area contributed by atoms with E-state index in [2.05, 4.69) is 17.0 Å². The molecule has 1 aromatic rings. The van der Waals surface area contributed by atoms with Crippen molar-refractivity contribution in [3.8, 4) is 0 Å². The number of rotatable bonds is 3. The number of benzene rings is 1. The lowest BCUT2D eigenvalue weighted by molar-refractivity contribution is 0.00223. The van der Waals surface area contributed by atoms with Crippen LogP contribution in [0.2, 0.25) is 5.02 Å². The molecule has 24 heavy (non-hydrogen) atoms. The van der Waals surface area contributed by atoms with Crippen LogP contribution in [-0.2, 0) is 15.9 Å². The molecular weight excluding hydrogens is 322 g/mol. The van der Waals surface area contributed by atoms with Crippen LogP contribution in [0, 0.1) is 5.41 Å². The van der Waals surface area contributed by atoms with E-state index in [9.17, 15) is 0 Å². The van der Waals surface area contributed by atoms with Gasteiger partial charge in [-0.1, -0.05) is 23.7 Å². The summed E-state index contributed by atoms with van der Waals surface area (Å²) in [5, 5.41) is 0.808. The minimum atomic E-state index is 0.376. The zero-order valence-electron chi connectivity index (χ0n) is 14.4. The Labute approximate surface area is 150 Å². The number of nitrogens with zero attached hydrogens (tertiary/aromatic N) is 1. The zero-order chi connectivity index (χ0) is 16.4. The average Bonchev–Trinajstić information content (AvgIpc) is 3.01. The molecule has 1 aromatic carbocycles. The van der Waals surface area contributed by atoms with Crippen molar-refractivity contribution < 1.29 is 9.47 Å². The van der Waals surface area contributed by atoms with Gasteiger partial charge in [0.25, 0.3) is 0 Å². The second kappa shape index (κ2) is 7.33. The first kappa shape index (κ1) is 16.8. The molecule has 0 aliphatic carbocycles. The lowest BCUT2D eigenvalue weighted by Gasteiger charge is -2.43. The van der Waals surface area contributed by atoms with Crippen molar-refractivity contribution in [2.45, 2.75) is 50.7 Å². The Hall–Kier alpha value is -0.610. The van der Waals surface area contributed by atoms with Crippen molar-refractivity contribution in [1.29, 1.82) is 0 Å². The number of likely N-dealkylation sites (tertiary alicyclic amines) is 1. The Balaban J connectivity index is 1.29. The summed E-state index contributed by atoms with van der Waals surface area (Å²) in [6.45, 7) is 5.31. The quantitative estimate of drug-likeness (QED) is 0.825. The molecule has 0 saturated carbocycles.